The highest BCUT2D eigenvalue weighted by Gasteiger charge is 2.32. The Morgan fingerprint density at radius 1 is 0.744 bits per heavy atom. The summed E-state index contributed by atoms with van der Waals surface area (Å²) in [5, 5.41) is 20.0. The number of hydrogen-bond donors (Lipinski definition) is 2. The molecule has 0 heterocycles. The van der Waals surface area contributed by atoms with Crippen LogP contribution in [-0.2, 0) is 4.79 Å². The number of carbonyl (C=O) groups excluding carboxylic acids is 1. The Morgan fingerprint density at radius 3 is 1.67 bits per heavy atom. The van der Waals surface area contributed by atoms with Gasteiger partial charge in [0.25, 0.3) is 0 Å². The zero-order valence-electron chi connectivity index (χ0n) is 28.0. The van der Waals surface area contributed by atoms with E-state index in [-0.39, 0.29) is 23.1 Å². The van der Waals surface area contributed by atoms with Gasteiger partial charge in [-0.05, 0) is 77.0 Å². The molecule has 1 unspecified atom stereocenters. The smallest absolute Gasteiger partial charge is 0.222 e. The largest absolute Gasteiger partial charge is 0.504 e. The van der Waals surface area contributed by atoms with E-state index in [4.69, 9.17) is 0 Å². The molecule has 230 valence electrons. The fourth-order valence-corrected chi connectivity index (χ4v) is 5.57. The molecule has 2 aliphatic rings. The predicted molar refractivity (Wildman–Crippen MR) is 185 cm³/mol. The van der Waals surface area contributed by atoms with Crippen LogP contribution in [0.2, 0.25) is 0 Å². The number of carbonyl (C=O) groups is 1. The summed E-state index contributed by atoms with van der Waals surface area (Å²) in [7, 11) is 0. The second-order valence-corrected chi connectivity index (χ2v) is 13.2. The molecule has 2 N–H and O–H groups in total. The Balaban J connectivity index is 1.93. The molecule has 0 spiro atoms. The van der Waals surface area contributed by atoms with Crippen LogP contribution in [0.3, 0.4) is 0 Å². The van der Waals surface area contributed by atoms with E-state index in [2.05, 4.69) is 90.2 Å². The van der Waals surface area contributed by atoms with Gasteiger partial charge in [0, 0.05) is 11.0 Å². The highest BCUT2D eigenvalue weighted by atomic mass is 16.3. The fourth-order valence-electron chi connectivity index (χ4n) is 5.57. The van der Waals surface area contributed by atoms with E-state index >= 15 is 0 Å². The van der Waals surface area contributed by atoms with Gasteiger partial charge >= 0.3 is 0 Å². The molecule has 0 fully saturated rings. The predicted octanol–water partition coefficient (Wildman–Crippen LogP) is 10.4. The molecule has 0 aromatic rings. The number of allylic oxidation sites excluding steroid dienone is 22. The maximum Gasteiger partial charge on any atom is 0.222 e. The lowest BCUT2D eigenvalue weighted by atomic mass is 9.71. The Morgan fingerprint density at radius 2 is 1.19 bits per heavy atom. The average molecular weight is 581 g/mol. The molecule has 0 aliphatic heterocycles. The standard InChI is InChI=1S/C40H52O3/c1-28(17-13-19-30(3)21-23-35-32(5)25-34(41)26-39(35,7)8)15-11-12-16-29(2)18-14-20-31(4)22-24-36-33(6)38(43)37(42)27-40(36,9)10/h11-24,27,34,41-42H,25-26H2,1-10H3/b12-11+,17-13?,18-14+,23-21?,24-22+,28-15?,29-16+,30-19?,31-20+. The monoisotopic (exact) mass is 580 g/mol. The van der Waals surface area contributed by atoms with Gasteiger partial charge in [0.1, 0.15) is 0 Å². The van der Waals surface area contributed by atoms with Crippen LogP contribution in [-0.4, -0.2) is 22.1 Å². The SMILES string of the molecule is CC(C=CC1=C(C)CC(O)CC1(C)C)=CC=CC(C)=C/C=C/C=C(C)/C=C/C=C(C)/C=C/C1=C(C)C(=O)C(O)=CC1(C)C. The lowest BCUT2D eigenvalue weighted by molar-refractivity contribution is -0.114. The van der Waals surface area contributed by atoms with Crippen molar-refractivity contribution in [2.75, 3.05) is 0 Å². The Bertz CT molecular complexity index is 1430. The third-order valence-corrected chi connectivity index (χ3v) is 7.94. The van der Waals surface area contributed by atoms with Gasteiger partial charge in [-0.1, -0.05) is 141 Å². The number of aliphatic hydroxyl groups is 2. The summed E-state index contributed by atoms with van der Waals surface area (Å²) in [5.74, 6) is -0.476. The van der Waals surface area contributed by atoms with Crippen LogP contribution in [0.5, 0.6) is 0 Å². The minimum atomic E-state index is -0.397. The quantitative estimate of drug-likeness (QED) is 0.253. The van der Waals surface area contributed by atoms with Crippen LogP contribution in [0.15, 0.2) is 141 Å². The molecule has 3 nitrogen and oxygen atoms in total. The summed E-state index contributed by atoms with van der Waals surface area (Å²) in [6, 6.07) is 0. The van der Waals surface area contributed by atoms with Gasteiger partial charge in [-0.2, -0.15) is 0 Å². The van der Waals surface area contributed by atoms with E-state index in [0.717, 1.165) is 35.1 Å². The van der Waals surface area contributed by atoms with Gasteiger partial charge in [-0.3, -0.25) is 4.79 Å². The van der Waals surface area contributed by atoms with Crippen LogP contribution in [0.4, 0.5) is 0 Å². The minimum absolute atomic E-state index is 0.00636. The molecule has 1 atom stereocenters. The van der Waals surface area contributed by atoms with Crippen molar-refractivity contribution in [3.8, 4) is 0 Å². The fraction of sp³-hybridized carbons (Fsp3) is 0.375. The van der Waals surface area contributed by atoms with Crippen LogP contribution < -0.4 is 0 Å². The van der Waals surface area contributed by atoms with Crippen LogP contribution in [0.1, 0.15) is 82.1 Å². The van der Waals surface area contributed by atoms with Crippen molar-refractivity contribution in [3.05, 3.63) is 141 Å². The molecule has 0 bridgehead atoms. The van der Waals surface area contributed by atoms with E-state index < -0.39 is 5.41 Å². The van der Waals surface area contributed by atoms with Crippen molar-refractivity contribution in [2.45, 2.75) is 88.2 Å². The first-order valence-electron chi connectivity index (χ1n) is 15.2. The molecule has 0 saturated carbocycles. The first-order chi connectivity index (χ1) is 20.0. The van der Waals surface area contributed by atoms with Crippen molar-refractivity contribution in [1.82, 2.24) is 0 Å². The van der Waals surface area contributed by atoms with Crippen molar-refractivity contribution in [1.29, 1.82) is 0 Å². The van der Waals surface area contributed by atoms with Crippen LogP contribution in [0.25, 0.3) is 0 Å². The van der Waals surface area contributed by atoms with Gasteiger partial charge in [0.05, 0.1) is 6.10 Å². The van der Waals surface area contributed by atoms with Gasteiger partial charge < -0.3 is 10.2 Å². The highest BCUT2D eigenvalue weighted by molar-refractivity contribution is 6.08. The normalized spacial score (nSPS) is 22.9. The molecule has 0 saturated heterocycles. The third kappa shape index (κ3) is 11.1. The maximum absolute atomic E-state index is 12.2. The highest BCUT2D eigenvalue weighted by Crippen LogP contribution is 2.41. The molecular weight excluding hydrogens is 528 g/mol. The first kappa shape index (κ1) is 35.5. The molecule has 0 amide bonds. The van der Waals surface area contributed by atoms with Crippen LogP contribution in [0, 0.1) is 10.8 Å². The van der Waals surface area contributed by atoms with Crippen molar-refractivity contribution in [2.24, 2.45) is 10.8 Å². The number of Topliss-reactive ketones (excluding diaryl/α,β-unsaturated/α-hetero) is 1. The Kier molecular flexibility index (Phi) is 13.0. The summed E-state index contributed by atoms with van der Waals surface area (Å²) in [5.41, 5.74) is 8.27. The number of hydrogen-bond acceptors (Lipinski definition) is 3. The lowest BCUT2D eigenvalue weighted by Crippen LogP contribution is -2.28. The van der Waals surface area contributed by atoms with Crippen LogP contribution >= 0.6 is 0 Å². The maximum atomic E-state index is 12.2. The van der Waals surface area contributed by atoms with E-state index in [1.54, 1.807) is 13.0 Å². The molecule has 2 rings (SSSR count). The first-order valence-corrected chi connectivity index (χ1v) is 15.2. The zero-order valence-corrected chi connectivity index (χ0v) is 28.0. The van der Waals surface area contributed by atoms with E-state index in [0.29, 0.717) is 5.57 Å². The van der Waals surface area contributed by atoms with E-state index in [9.17, 15) is 15.0 Å². The van der Waals surface area contributed by atoms with Gasteiger partial charge in [-0.15, -0.1) is 0 Å². The second kappa shape index (κ2) is 15.7. The number of rotatable bonds is 10. The molecule has 3 heteroatoms. The molecule has 0 aromatic heterocycles. The molecule has 43 heavy (non-hydrogen) atoms. The summed E-state index contributed by atoms with van der Waals surface area (Å²) < 4.78 is 0. The van der Waals surface area contributed by atoms with Gasteiger partial charge in [-0.25, -0.2) is 0 Å². The summed E-state index contributed by atoms with van der Waals surface area (Å²) in [6.07, 6.45) is 32.0. The Hall–Kier alpha value is -3.69. The van der Waals surface area contributed by atoms with Crippen molar-refractivity contribution >= 4 is 5.78 Å². The van der Waals surface area contributed by atoms with Gasteiger partial charge in [0.15, 0.2) is 5.76 Å². The summed E-state index contributed by atoms with van der Waals surface area (Å²) >= 11 is 0. The van der Waals surface area contributed by atoms with Gasteiger partial charge in [0.2, 0.25) is 5.78 Å². The third-order valence-electron chi connectivity index (χ3n) is 7.94. The Labute approximate surface area is 260 Å². The van der Waals surface area contributed by atoms with E-state index in [1.165, 1.54) is 16.7 Å². The molecule has 2 aliphatic carbocycles. The molecular formula is C40H52O3. The van der Waals surface area contributed by atoms with Crippen molar-refractivity contribution in [3.63, 3.8) is 0 Å². The average Bonchev–Trinajstić information content (AvgIpc) is 2.88. The summed E-state index contributed by atoms with van der Waals surface area (Å²) in [4.78, 5) is 12.2. The zero-order chi connectivity index (χ0) is 32.4. The van der Waals surface area contributed by atoms with Crippen molar-refractivity contribution < 1.29 is 15.0 Å². The van der Waals surface area contributed by atoms with E-state index in [1.807, 2.05) is 57.2 Å². The number of aliphatic hydroxyl groups excluding tert-OH is 2. The number of ketones is 1. The lowest BCUT2D eigenvalue weighted by Gasteiger charge is -2.35. The molecule has 0 aromatic carbocycles. The second-order valence-electron chi connectivity index (χ2n) is 13.2. The summed E-state index contributed by atoms with van der Waals surface area (Å²) in [6.45, 7) is 20.6. The minimum Gasteiger partial charge on any atom is -0.504 e. The molecule has 0 radical (unpaired) electrons. The topological polar surface area (TPSA) is 57.5 Å².